The normalized spacial score (nSPS) is 33.8. The predicted molar refractivity (Wildman–Crippen MR) is 135 cm³/mol. The Labute approximate surface area is 230 Å². The summed E-state index contributed by atoms with van der Waals surface area (Å²) >= 11 is 0. The second-order valence-corrected chi connectivity index (χ2v) is 10.1. The molecule has 13 nitrogen and oxygen atoms in total. The number of amides is 1. The molecule has 1 saturated heterocycles. The van der Waals surface area contributed by atoms with Crippen LogP contribution in [0.15, 0.2) is 36.6 Å². The molecule has 0 aromatic heterocycles. The first-order valence-electron chi connectivity index (χ1n) is 12.9. The Morgan fingerprint density at radius 2 is 1.82 bits per heavy atom. The number of ether oxygens (including phenoxy) is 4. The van der Waals surface area contributed by atoms with E-state index in [0.29, 0.717) is 18.5 Å². The maximum atomic E-state index is 12.8. The van der Waals surface area contributed by atoms with Crippen molar-refractivity contribution in [3.05, 3.63) is 47.7 Å². The molecule has 40 heavy (non-hydrogen) atoms. The van der Waals surface area contributed by atoms with Gasteiger partial charge in [0.05, 0.1) is 31.6 Å². The number of esters is 1. The third-order valence-electron chi connectivity index (χ3n) is 7.79. The van der Waals surface area contributed by atoms with E-state index in [1.165, 1.54) is 32.2 Å². The second kappa shape index (κ2) is 12.1. The lowest BCUT2D eigenvalue weighted by atomic mass is 9.76. The molecular weight excluding hydrogens is 530 g/mol. The molecular formula is C27H35NO12. The second-order valence-electron chi connectivity index (χ2n) is 10.1. The van der Waals surface area contributed by atoms with Crippen LogP contribution in [0.2, 0.25) is 0 Å². The summed E-state index contributed by atoms with van der Waals surface area (Å²) < 4.78 is 22.0. The Morgan fingerprint density at radius 3 is 2.45 bits per heavy atom. The molecule has 220 valence electrons. The van der Waals surface area contributed by atoms with Crippen LogP contribution in [0.4, 0.5) is 0 Å². The van der Waals surface area contributed by atoms with Crippen molar-refractivity contribution >= 4 is 11.9 Å². The summed E-state index contributed by atoms with van der Waals surface area (Å²) in [6, 6.07) is 2.22. The summed E-state index contributed by atoms with van der Waals surface area (Å²) in [5, 5.41) is 60.5. The predicted octanol–water partition coefficient (Wildman–Crippen LogP) is -0.418. The molecule has 0 unspecified atom stereocenters. The van der Waals surface area contributed by atoms with Crippen LogP contribution >= 0.6 is 0 Å². The minimum Gasteiger partial charge on any atom is -0.504 e. The van der Waals surface area contributed by atoms with Gasteiger partial charge in [-0.25, -0.2) is 4.79 Å². The smallest absolute Gasteiger partial charge is 0.337 e. The minimum atomic E-state index is -1.69. The summed E-state index contributed by atoms with van der Waals surface area (Å²) in [5.41, 5.74) is 1.46. The lowest BCUT2D eigenvalue weighted by Crippen LogP contribution is -2.60. The van der Waals surface area contributed by atoms with E-state index >= 15 is 0 Å². The van der Waals surface area contributed by atoms with Gasteiger partial charge in [-0.1, -0.05) is 6.08 Å². The number of hydrogen-bond acceptors (Lipinski definition) is 12. The fraction of sp³-hybridized carbons (Fsp3) is 0.556. The molecule has 0 spiro atoms. The van der Waals surface area contributed by atoms with Crippen LogP contribution in [0.1, 0.15) is 30.5 Å². The highest BCUT2D eigenvalue weighted by molar-refractivity contribution is 5.89. The fourth-order valence-electron chi connectivity index (χ4n) is 5.63. The molecule has 13 heteroatoms. The maximum Gasteiger partial charge on any atom is 0.337 e. The zero-order valence-electron chi connectivity index (χ0n) is 22.1. The summed E-state index contributed by atoms with van der Waals surface area (Å²) in [6.45, 7) is 4.96. The zero-order valence-corrected chi connectivity index (χ0v) is 22.1. The molecule has 3 heterocycles. The number of carbonyl (C=O) groups excluding carboxylic acids is 2. The number of aromatic hydroxyl groups is 2. The Hall–Kier alpha value is -3.20. The van der Waals surface area contributed by atoms with Crippen molar-refractivity contribution in [1.82, 2.24) is 4.90 Å². The highest BCUT2D eigenvalue weighted by Crippen LogP contribution is 2.45. The van der Waals surface area contributed by atoms with Crippen LogP contribution in [0.5, 0.6) is 11.5 Å². The van der Waals surface area contributed by atoms with Gasteiger partial charge in [-0.2, -0.15) is 0 Å². The quantitative estimate of drug-likeness (QED) is 0.142. The Morgan fingerprint density at radius 1 is 1.12 bits per heavy atom. The standard InChI is InChI=1S/C27H35NO12/c1-4-14-16(8-18-15-9-20(32)19(31)7-13(15)5-6-28(18)12(2)30)17(25(36)37-3)11-38-26(14)40-27-24(35)23(34)22(33)21(10-29)39-27/h4,7,9,11,14,16,18,21-24,26-27,29,31-35H,1,5-6,8,10H2,2-3H3/t14-,16+,18-,21-,22+,23+,24+,26-,27+/m0/s1. The SMILES string of the molecule is C=C[C@@H]1[C@H](O[C@H]2O[C@@H](CO)[C@@H](O)[C@@H](O)[C@H]2O)OC=C(C(=O)OC)[C@@H]1C[C@H]1c2cc(O)c(O)cc2CCN1C(C)=O. The first-order chi connectivity index (χ1) is 19.0. The fourth-order valence-corrected chi connectivity index (χ4v) is 5.63. The molecule has 4 rings (SSSR count). The molecule has 3 aliphatic heterocycles. The molecule has 0 aliphatic carbocycles. The first-order valence-corrected chi connectivity index (χ1v) is 12.9. The molecule has 0 radical (unpaired) electrons. The van der Waals surface area contributed by atoms with Crippen LogP contribution in [0.3, 0.4) is 0 Å². The molecule has 1 aromatic carbocycles. The number of phenols is 2. The number of phenolic OH excluding ortho intramolecular Hbond substituents is 2. The van der Waals surface area contributed by atoms with Crippen molar-refractivity contribution in [2.24, 2.45) is 11.8 Å². The van der Waals surface area contributed by atoms with Crippen molar-refractivity contribution in [3.63, 3.8) is 0 Å². The Kier molecular flexibility index (Phi) is 9.02. The van der Waals surface area contributed by atoms with Gasteiger partial charge in [-0.05, 0) is 36.1 Å². The lowest BCUT2D eigenvalue weighted by molar-refractivity contribution is -0.339. The number of carbonyl (C=O) groups is 2. The molecule has 1 fully saturated rings. The number of hydrogen-bond donors (Lipinski definition) is 6. The number of aliphatic hydroxyl groups excluding tert-OH is 4. The van der Waals surface area contributed by atoms with Gasteiger partial charge < -0.3 is 54.5 Å². The van der Waals surface area contributed by atoms with E-state index in [1.807, 2.05) is 0 Å². The van der Waals surface area contributed by atoms with E-state index in [9.17, 15) is 40.2 Å². The molecule has 0 bridgehead atoms. The number of benzene rings is 1. The van der Waals surface area contributed by atoms with Crippen LogP contribution in [0, 0.1) is 11.8 Å². The van der Waals surface area contributed by atoms with Crippen molar-refractivity contribution < 1.29 is 59.2 Å². The average molecular weight is 566 g/mol. The first kappa shape index (κ1) is 29.8. The summed E-state index contributed by atoms with van der Waals surface area (Å²) in [5.74, 6) is -3.06. The monoisotopic (exact) mass is 565 g/mol. The molecule has 1 amide bonds. The number of nitrogens with zero attached hydrogens (tertiary/aromatic N) is 1. The highest BCUT2D eigenvalue weighted by Gasteiger charge is 2.48. The van der Waals surface area contributed by atoms with E-state index in [4.69, 9.17) is 18.9 Å². The van der Waals surface area contributed by atoms with E-state index in [-0.39, 0.29) is 29.4 Å². The van der Waals surface area contributed by atoms with Gasteiger partial charge in [0.25, 0.3) is 0 Å². The summed E-state index contributed by atoms with van der Waals surface area (Å²) in [4.78, 5) is 27.0. The average Bonchev–Trinajstić information content (AvgIpc) is 2.93. The maximum absolute atomic E-state index is 12.8. The lowest BCUT2D eigenvalue weighted by Gasteiger charge is -2.44. The van der Waals surface area contributed by atoms with Gasteiger partial charge in [0.15, 0.2) is 17.8 Å². The highest BCUT2D eigenvalue weighted by atomic mass is 16.8. The van der Waals surface area contributed by atoms with Gasteiger partial charge in [0, 0.05) is 25.3 Å². The van der Waals surface area contributed by atoms with Gasteiger partial charge in [-0.3, -0.25) is 4.79 Å². The van der Waals surface area contributed by atoms with E-state index in [2.05, 4.69) is 6.58 Å². The number of fused-ring (bicyclic) bond motifs is 1. The van der Waals surface area contributed by atoms with Gasteiger partial charge in [-0.15, -0.1) is 6.58 Å². The number of methoxy groups -OCH3 is 1. The number of rotatable bonds is 7. The van der Waals surface area contributed by atoms with Crippen LogP contribution in [0.25, 0.3) is 0 Å². The Bertz CT molecular complexity index is 1150. The van der Waals surface area contributed by atoms with Crippen molar-refractivity contribution in [1.29, 1.82) is 0 Å². The zero-order chi connectivity index (χ0) is 29.3. The Balaban J connectivity index is 1.69. The summed E-state index contributed by atoms with van der Waals surface area (Å²) in [6.07, 6.45) is -5.67. The van der Waals surface area contributed by atoms with Crippen LogP contribution in [-0.4, -0.2) is 105 Å². The summed E-state index contributed by atoms with van der Waals surface area (Å²) in [7, 11) is 1.21. The largest absolute Gasteiger partial charge is 0.504 e. The van der Waals surface area contributed by atoms with Crippen molar-refractivity contribution in [3.8, 4) is 11.5 Å². The topological polar surface area (TPSA) is 196 Å². The van der Waals surface area contributed by atoms with E-state index < -0.39 is 67.4 Å². The van der Waals surface area contributed by atoms with E-state index in [0.717, 1.165) is 11.8 Å². The number of aliphatic hydroxyl groups is 4. The molecule has 3 aliphatic rings. The van der Waals surface area contributed by atoms with Crippen LogP contribution in [-0.2, 0) is 35.0 Å². The molecule has 9 atom stereocenters. The van der Waals surface area contributed by atoms with Crippen LogP contribution < -0.4 is 0 Å². The van der Waals surface area contributed by atoms with Crippen molar-refractivity contribution in [2.45, 2.75) is 62.8 Å². The van der Waals surface area contributed by atoms with Crippen molar-refractivity contribution in [2.75, 3.05) is 20.3 Å². The molecule has 6 N–H and O–H groups in total. The minimum absolute atomic E-state index is 0.125. The van der Waals surface area contributed by atoms with Gasteiger partial charge in [0.1, 0.15) is 24.4 Å². The van der Waals surface area contributed by atoms with E-state index in [1.54, 1.807) is 4.90 Å². The van der Waals surface area contributed by atoms with Gasteiger partial charge in [0.2, 0.25) is 12.2 Å². The third kappa shape index (κ3) is 5.53. The molecule has 1 aromatic rings. The third-order valence-corrected chi connectivity index (χ3v) is 7.79. The molecule has 0 saturated carbocycles. The van der Waals surface area contributed by atoms with Gasteiger partial charge >= 0.3 is 5.97 Å².